The van der Waals surface area contributed by atoms with E-state index in [9.17, 15) is 17.6 Å². The predicted octanol–water partition coefficient (Wildman–Crippen LogP) is 3.65. The summed E-state index contributed by atoms with van der Waals surface area (Å²) in [5.41, 5.74) is 1.32. The molecule has 1 aliphatic rings. The van der Waals surface area contributed by atoms with Gasteiger partial charge in [0.15, 0.2) is 0 Å². The Kier molecular flexibility index (Phi) is 6.09. The van der Waals surface area contributed by atoms with Gasteiger partial charge >= 0.3 is 0 Å². The second kappa shape index (κ2) is 8.21. The molecule has 1 amide bonds. The number of furan rings is 1. The van der Waals surface area contributed by atoms with E-state index < -0.39 is 22.1 Å². The van der Waals surface area contributed by atoms with E-state index >= 15 is 0 Å². The predicted molar refractivity (Wildman–Crippen MR) is 106 cm³/mol. The van der Waals surface area contributed by atoms with Crippen LogP contribution in [0.25, 0.3) is 11.0 Å². The Balaban J connectivity index is 1.76. The number of hydrogen-bond donors (Lipinski definition) is 1. The Morgan fingerprint density at radius 3 is 2.89 bits per heavy atom. The summed E-state index contributed by atoms with van der Waals surface area (Å²) < 4.78 is 45.8. The van der Waals surface area contributed by atoms with Crippen LogP contribution in [0.4, 0.5) is 4.39 Å². The minimum Gasteiger partial charge on any atom is -0.459 e. The fourth-order valence-electron chi connectivity index (χ4n) is 3.78. The number of carbonyl (C=O) groups excluding carboxylic acids is 1. The molecule has 0 bridgehead atoms. The van der Waals surface area contributed by atoms with Crippen LogP contribution >= 0.6 is 0 Å². The third-order valence-electron chi connectivity index (χ3n) is 5.31. The van der Waals surface area contributed by atoms with Crippen LogP contribution in [0.2, 0.25) is 0 Å². The number of rotatable bonds is 7. The Labute approximate surface area is 165 Å². The van der Waals surface area contributed by atoms with E-state index in [0.29, 0.717) is 42.5 Å². The number of amides is 1. The number of fused-ring (bicyclic) bond motifs is 1. The number of hydrogen-bond acceptors (Lipinski definition) is 4. The fourth-order valence-corrected chi connectivity index (χ4v) is 5.66. The molecular formula is C20H27FN2O4S. The number of unbranched alkanes of at least 4 members (excludes halogenated alkanes) is 1. The van der Waals surface area contributed by atoms with E-state index in [1.54, 1.807) is 13.0 Å². The first-order valence-corrected chi connectivity index (χ1v) is 11.3. The van der Waals surface area contributed by atoms with Gasteiger partial charge in [0.1, 0.15) is 23.2 Å². The van der Waals surface area contributed by atoms with Gasteiger partial charge in [-0.2, -0.15) is 4.31 Å². The van der Waals surface area contributed by atoms with Crippen LogP contribution in [0.3, 0.4) is 0 Å². The van der Waals surface area contributed by atoms with Gasteiger partial charge in [-0.25, -0.2) is 12.8 Å². The number of aryl methyl sites for hydroxylation is 1. The maximum Gasteiger partial charge on any atom is 0.239 e. The van der Waals surface area contributed by atoms with Crippen molar-refractivity contribution in [3.05, 3.63) is 35.3 Å². The van der Waals surface area contributed by atoms with Gasteiger partial charge in [0, 0.05) is 17.5 Å². The zero-order valence-electron chi connectivity index (χ0n) is 16.5. The van der Waals surface area contributed by atoms with Gasteiger partial charge < -0.3 is 9.73 Å². The summed E-state index contributed by atoms with van der Waals surface area (Å²) in [5, 5.41) is 3.55. The van der Waals surface area contributed by atoms with Crippen molar-refractivity contribution in [2.24, 2.45) is 0 Å². The van der Waals surface area contributed by atoms with Crippen LogP contribution in [0.1, 0.15) is 56.9 Å². The van der Waals surface area contributed by atoms with Gasteiger partial charge in [-0.1, -0.05) is 13.3 Å². The van der Waals surface area contributed by atoms with Gasteiger partial charge in [0.2, 0.25) is 15.9 Å². The van der Waals surface area contributed by atoms with Crippen molar-refractivity contribution in [2.45, 2.75) is 58.5 Å². The Morgan fingerprint density at radius 2 is 2.18 bits per heavy atom. The molecule has 1 N–H and O–H groups in total. The molecule has 0 spiro atoms. The molecule has 1 aromatic carbocycles. The van der Waals surface area contributed by atoms with Gasteiger partial charge in [-0.05, 0) is 51.3 Å². The number of sulfonamides is 1. The van der Waals surface area contributed by atoms with Gasteiger partial charge in [0.25, 0.3) is 0 Å². The van der Waals surface area contributed by atoms with E-state index in [1.807, 2.05) is 13.8 Å². The summed E-state index contributed by atoms with van der Waals surface area (Å²) >= 11 is 0. The standard InChI is InChI=1S/C20H27FN2O4S/c1-4-5-11-28(25,26)23-10-6-7-17(23)20(24)22-14(3)19-13(2)16-12-15(21)8-9-18(16)27-19/h8-9,12,14,17H,4-7,10-11H2,1-3H3,(H,22,24). The van der Waals surface area contributed by atoms with Gasteiger partial charge in [-0.3, -0.25) is 4.79 Å². The number of benzene rings is 1. The molecule has 2 atom stereocenters. The molecule has 2 heterocycles. The molecule has 2 aromatic rings. The Bertz CT molecular complexity index is 970. The van der Waals surface area contributed by atoms with E-state index in [4.69, 9.17) is 4.42 Å². The molecule has 1 aromatic heterocycles. The lowest BCUT2D eigenvalue weighted by atomic mass is 10.1. The minimum atomic E-state index is -3.44. The minimum absolute atomic E-state index is 0.0665. The quantitative estimate of drug-likeness (QED) is 0.756. The van der Waals surface area contributed by atoms with Crippen molar-refractivity contribution >= 4 is 26.9 Å². The van der Waals surface area contributed by atoms with Crippen molar-refractivity contribution < 1.29 is 22.0 Å². The molecule has 0 aliphatic carbocycles. The maximum atomic E-state index is 13.5. The molecule has 8 heteroatoms. The molecule has 2 unspecified atom stereocenters. The first kappa shape index (κ1) is 20.8. The zero-order valence-corrected chi connectivity index (χ0v) is 17.3. The van der Waals surface area contributed by atoms with Crippen molar-refractivity contribution in [1.82, 2.24) is 9.62 Å². The van der Waals surface area contributed by atoms with Crippen molar-refractivity contribution in [3.63, 3.8) is 0 Å². The summed E-state index contributed by atoms with van der Waals surface area (Å²) in [6.45, 7) is 5.92. The van der Waals surface area contributed by atoms with Crippen LogP contribution in [-0.4, -0.2) is 37.0 Å². The molecule has 154 valence electrons. The van der Waals surface area contributed by atoms with Gasteiger partial charge in [0.05, 0.1) is 11.8 Å². The summed E-state index contributed by atoms with van der Waals surface area (Å²) in [6, 6.07) is 3.16. The molecule has 0 saturated carbocycles. The van der Waals surface area contributed by atoms with Crippen LogP contribution in [-0.2, 0) is 14.8 Å². The Morgan fingerprint density at radius 1 is 1.43 bits per heavy atom. The van der Waals surface area contributed by atoms with Crippen LogP contribution in [0.15, 0.2) is 22.6 Å². The second-order valence-electron chi connectivity index (χ2n) is 7.40. The normalized spacial score (nSPS) is 19.2. The molecule has 0 radical (unpaired) electrons. The average Bonchev–Trinajstić information content (AvgIpc) is 3.26. The topological polar surface area (TPSA) is 79.6 Å². The van der Waals surface area contributed by atoms with E-state index in [2.05, 4.69) is 5.32 Å². The monoisotopic (exact) mass is 410 g/mol. The molecule has 3 rings (SSSR count). The average molecular weight is 411 g/mol. The summed E-state index contributed by atoms with van der Waals surface area (Å²) in [4.78, 5) is 12.8. The molecule has 1 saturated heterocycles. The molecule has 1 aliphatic heterocycles. The van der Waals surface area contributed by atoms with Crippen LogP contribution in [0, 0.1) is 12.7 Å². The second-order valence-corrected chi connectivity index (χ2v) is 9.44. The largest absolute Gasteiger partial charge is 0.459 e. The van der Waals surface area contributed by atoms with Crippen molar-refractivity contribution in [1.29, 1.82) is 0 Å². The highest BCUT2D eigenvalue weighted by molar-refractivity contribution is 7.89. The van der Waals surface area contributed by atoms with Crippen LogP contribution in [0.5, 0.6) is 0 Å². The smallest absolute Gasteiger partial charge is 0.239 e. The summed E-state index contributed by atoms with van der Waals surface area (Å²) in [5.74, 6) is -0.0566. The summed E-state index contributed by atoms with van der Waals surface area (Å²) in [7, 11) is -3.44. The van der Waals surface area contributed by atoms with E-state index in [-0.39, 0.29) is 17.5 Å². The molecule has 6 nitrogen and oxygen atoms in total. The van der Waals surface area contributed by atoms with Crippen molar-refractivity contribution in [3.8, 4) is 0 Å². The highest BCUT2D eigenvalue weighted by atomic mass is 32.2. The number of carbonyl (C=O) groups is 1. The van der Waals surface area contributed by atoms with E-state index in [1.165, 1.54) is 16.4 Å². The number of nitrogens with zero attached hydrogens (tertiary/aromatic N) is 1. The zero-order chi connectivity index (χ0) is 20.5. The SMILES string of the molecule is CCCCS(=O)(=O)N1CCCC1C(=O)NC(C)c1oc2ccc(F)cc2c1C. The first-order chi connectivity index (χ1) is 13.2. The van der Waals surface area contributed by atoms with Crippen LogP contribution < -0.4 is 5.32 Å². The lowest BCUT2D eigenvalue weighted by molar-refractivity contribution is -0.125. The van der Waals surface area contributed by atoms with E-state index in [0.717, 1.165) is 12.0 Å². The molecule has 28 heavy (non-hydrogen) atoms. The summed E-state index contributed by atoms with van der Waals surface area (Å²) in [6.07, 6.45) is 2.54. The third kappa shape index (κ3) is 4.07. The first-order valence-electron chi connectivity index (χ1n) is 9.73. The molecule has 1 fully saturated rings. The number of nitrogens with one attached hydrogen (secondary N) is 1. The maximum absolute atomic E-state index is 13.5. The number of halogens is 1. The Hall–Kier alpha value is -1.93. The lowest BCUT2D eigenvalue weighted by Gasteiger charge is -2.24. The highest BCUT2D eigenvalue weighted by Gasteiger charge is 2.38. The fraction of sp³-hybridized carbons (Fsp3) is 0.550. The molecular weight excluding hydrogens is 383 g/mol. The third-order valence-corrected chi connectivity index (χ3v) is 7.26. The van der Waals surface area contributed by atoms with Gasteiger partial charge in [-0.15, -0.1) is 0 Å². The highest BCUT2D eigenvalue weighted by Crippen LogP contribution is 2.30. The van der Waals surface area contributed by atoms with Crippen molar-refractivity contribution in [2.75, 3.05) is 12.3 Å². The lowest BCUT2D eigenvalue weighted by Crippen LogP contribution is -2.47.